The van der Waals surface area contributed by atoms with E-state index in [1.807, 2.05) is 6.07 Å². The molecule has 0 radical (unpaired) electrons. The zero-order valence-electron chi connectivity index (χ0n) is 20.4. The summed E-state index contributed by atoms with van der Waals surface area (Å²) in [5, 5.41) is 23.0. The fraction of sp³-hybridized carbons (Fsp3) is 0.259. The number of nitrogens with one attached hydrogen (secondary N) is 2. The predicted octanol–water partition coefficient (Wildman–Crippen LogP) is 3.71. The van der Waals surface area contributed by atoms with E-state index in [0.29, 0.717) is 33.9 Å². The number of aromatic hydroxyl groups is 1. The first-order valence-corrected chi connectivity index (χ1v) is 11.5. The number of aliphatic hydroxyl groups is 1. The molecule has 9 nitrogen and oxygen atoms in total. The van der Waals surface area contributed by atoms with E-state index >= 15 is 0 Å². The normalized spacial score (nSPS) is 12.9. The molecule has 0 aliphatic rings. The molecule has 2 heterocycles. The number of carbonyl (C=O) groups excluding carboxylic acids is 2. The Kier molecular flexibility index (Phi) is 7.03. The van der Waals surface area contributed by atoms with Gasteiger partial charge >= 0.3 is 0 Å². The van der Waals surface area contributed by atoms with Gasteiger partial charge in [0.15, 0.2) is 5.78 Å². The van der Waals surface area contributed by atoms with Gasteiger partial charge in [0.1, 0.15) is 17.7 Å². The number of rotatable bonds is 8. The number of hydrogen-bond acceptors (Lipinski definition) is 7. The van der Waals surface area contributed by atoms with Gasteiger partial charge < -0.3 is 25.3 Å². The van der Waals surface area contributed by atoms with Gasteiger partial charge in [0.25, 0.3) is 5.91 Å². The second kappa shape index (κ2) is 10.2. The molecule has 0 bridgehead atoms. The Labute approximate surface area is 208 Å². The van der Waals surface area contributed by atoms with Crippen LogP contribution in [0.4, 0.5) is 0 Å². The number of aliphatic hydroxyl groups excluding tert-OH is 1. The van der Waals surface area contributed by atoms with Gasteiger partial charge in [-0.05, 0) is 60.9 Å². The highest BCUT2D eigenvalue weighted by atomic mass is 16.5. The summed E-state index contributed by atoms with van der Waals surface area (Å²) in [7, 11) is 1.55. The number of ether oxygens (including phenoxy) is 1. The molecule has 0 saturated heterocycles. The van der Waals surface area contributed by atoms with Crippen molar-refractivity contribution in [1.29, 1.82) is 0 Å². The number of nitrogens with zero attached hydrogens (tertiary/aromatic N) is 2. The molecule has 4 rings (SSSR count). The van der Waals surface area contributed by atoms with Crippen LogP contribution in [-0.4, -0.2) is 56.1 Å². The number of aromatic amines is 1. The van der Waals surface area contributed by atoms with Crippen molar-refractivity contribution in [3.05, 3.63) is 60.3 Å². The van der Waals surface area contributed by atoms with Crippen molar-refractivity contribution in [1.82, 2.24) is 20.3 Å². The lowest BCUT2D eigenvalue weighted by Crippen LogP contribution is -2.47. The lowest BCUT2D eigenvalue weighted by atomic mass is 9.96. The van der Waals surface area contributed by atoms with E-state index in [1.54, 1.807) is 69.6 Å². The zero-order valence-corrected chi connectivity index (χ0v) is 20.4. The maximum Gasteiger partial charge on any atom is 0.251 e. The summed E-state index contributed by atoms with van der Waals surface area (Å²) < 4.78 is 5.36. The van der Waals surface area contributed by atoms with Crippen LogP contribution in [0.25, 0.3) is 33.5 Å². The molecule has 4 N–H and O–H groups in total. The van der Waals surface area contributed by atoms with Crippen LogP contribution < -0.4 is 10.1 Å². The van der Waals surface area contributed by atoms with E-state index < -0.39 is 23.8 Å². The second-order valence-corrected chi connectivity index (χ2v) is 8.88. The van der Waals surface area contributed by atoms with Gasteiger partial charge in [-0.15, -0.1) is 0 Å². The standard InChI is InChI=1S/C27H28N4O5/c1-14(2)23(24(34)15(3)32)31-26(35)17-7-9-20-21(13-17)30-25(29-20)19-12-16(8-10-22(19)33)18-6-5-11-28-27(18)36-4/h5-15,23,32-33H,1-4H3,(H,29,30)(H,31,35)/t15?,23-/m0/s1. The summed E-state index contributed by atoms with van der Waals surface area (Å²) >= 11 is 0. The molecule has 0 aliphatic carbocycles. The Balaban J connectivity index is 1.66. The van der Waals surface area contributed by atoms with Crippen LogP contribution in [0, 0.1) is 5.92 Å². The quantitative estimate of drug-likeness (QED) is 0.297. The van der Waals surface area contributed by atoms with Crippen LogP contribution in [-0.2, 0) is 4.79 Å². The highest BCUT2D eigenvalue weighted by molar-refractivity contribution is 6.01. The summed E-state index contributed by atoms with van der Waals surface area (Å²) in [6.45, 7) is 4.99. The number of pyridine rings is 1. The van der Waals surface area contributed by atoms with Crippen LogP contribution in [0.3, 0.4) is 0 Å². The zero-order chi connectivity index (χ0) is 26.0. The van der Waals surface area contributed by atoms with E-state index in [-0.39, 0.29) is 11.7 Å². The smallest absolute Gasteiger partial charge is 0.251 e. The molecular weight excluding hydrogens is 460 g/mol. The lowest BCUT2D eigenvalue weighted by Gasteiger charge is -2.22. The summed E-state index contributed by atoms with van der Waals surface area (Å²) in [5.41, 5.74) is 3.55. The number of phenols is 1. The average Bonchev–Trinajstić information content (AvgIpc) is 3.30. The molecule has 2 atom stereocenters. The molecule has 4 aromatic rings. The van der Waals surface area contributed by atoms with Crippen molar-refractivity contribution in [3.8, 4) is 34.1 Å². The van der Waals surface area contributed by atoms with Crippen molar-refractivity contribution in [2.75, 3.05) is 7.11 Å². The minimum absolute atomic E-state index is 0.0371. The number of Topliss-reactive ketones (excluding diaryl/α,β-unsaturated/α-hetero) is 1. The first-order valence-electron chi connectivity index (χ1n) is 11.5. The number of phenolic OH excluding ortho intramolecular Hbond substituents is 1. The number of H-pyrrole nitrogens is 1. The van der Waals surface area contributed by atoms with Crippen molar-refractivity contribution in [2.24, 2.45) is 5.92 Å². The molecule has 1 unspecified atom stereocenters. The van der Waals surface area contributed by atoms with Crippen LogP contribution in [0.5, 0.6) is 11.6 Å². The topological polar surface area (TPSA) is 137 Å². The number of ketones is 1. The number of amides is 1. The van der Waals surface area contributed by atoms with E-state index in [0.717, 1.165) is 11.1 Å². The van der Waals surface area contributed by atoms with Crippen molar-refractivity contribution >= 4 is 22.7 Å². The minimum Gasteiger partial charge on any atom is -0.507 e. The van der Waals surface area contributed by atoms with E-state index in [2.05, 4.69) is 20.3 Å². The molecule has 0 spiro atoms. The van der Waals surface area contributed by atoms with Crippen LogP contribution in [0.15, 0.2) is 54.7 Å². The monoisotopic (exact) mass is 488 g/mol. The molecular formula is C27H28N4O5. The predicted molar refractivity (Wildman–Crippen MR) is 136 cm³/mol. The molecule has 0 fully saturated rings. The number of aromatic nitrogens is 3. The van der Waals surface area contributed by atoms with Gasteiger partial charge in [-0.1, -0.05) is 19.9 Å². The number of imidazole rings is 1. The number of carbonyl (C=O) groups is 2. The van der Waals surface area contributed by atoms with Gasteiger partial charge in [-0.3, -0.25) is 9.59 Å². The van der Waals surface area contributed by atoms with Gasteiger partial charge in [0, 0.05) is 17.3 Å². The maximum absolute atomic E-state index is 12.9. The summed E-state index contributed by atoms with van der Waals surface area (Å²) in [4.78, 5) is 37.2. The fourth-order valence-electron chi connectivity index (χ4n) is 4.00. The number of benzene rings is 2. The molecule has 9 heteroatoms. The van der Waals surface area contributed by atoms with E-state index in [4.69, 9.17) is 4.74 Å². The second-order valence-electron chi connectivity index (χ2n) is 8.88. The minimum atomic E-state index is -1.18. The number of hydrogen-bond donors (Lipinski definition) is 4. The van der Waals surface area contributed by atoms with E-state index in [9.17, 15) is 19.8 Å². The largest absolute Gasteiger partial charge is 0.507 e. The van der Waals surface area contributed by atoms with Crippen LogP contribution in [0.2, 0.25) is 0 Å². The number of methoxy groups -OCH3 is 1. The molecule has 2 aromatic heterocycles. The van der Waals surface area contributed by atoms with Crippen LogP contribution >= 0.6 is 0 Å². The maximum atomic E-state index is 12.9. The first-order chi connectivity index (χ1) is 17.2. The first kappa shape index (κ1) is 24.9. The Morgan fingerprint density at radius 3 is 2.53 bits per heavy atom. The van der Waals surface area contributed by atoms with Gasteiger partial charge in [-0.2, -0.15) is 0 Å². The summed E-state index contributed by atoms with van der Waals surface area (Å²) in [5.74, 6) is -0.141. The highest BCUT2D eigenvalue weighted by Gasteiger charge is 2.27. The number of fused-ring (bicyclic) bond motifs is 1. The van der Waals surface area contributed by atoms with E-state index in [1.165, 1.54) is 6.92 Å². The molecule has 36 heavy (non-hydrogen) atoms. The third-order valence-electron chi connectivity index (χ3n) is 5.94. The average molecular weight is 489 g/mol. The molecule has 2 aromatic carbocycles. The summed E-state index contributed by atoms with van der Waals surface area (Å²) in [6, 6.07) is 12.9. The van der Waals surface area contributed by atoms with Crippen LogP contribution in [0.1, 0.15) is 31.1 Å². The lowest BCUT2D eigenvalue weighted by molar-refractivity contribution is -0.129. The molecule has 1 amide bonds. The highest BCUT2D eigenvalue weighted by Crippen LogP contribution is 2.35. The molecule has 186 valence electrons. The Morgan fingerprint density at radius 1 is 1.06 bits per heavy atom. The van der Waals surface area contributed by atoms with Crippen molar-refractivity contribution in [2.45, 2.75) is 32.9 Å². The Hall–Kier alpha value is -4.24. The summed E-state index contributed by atoms with van der Waals surface area (Å²) in [6.07, 6.45) is 0.464. The Morgan fingerprint density at radius 2 is 1.83 bits per heavy atom. The third kappa shape index (κ3) is 4.92. The van der Waals surface area contributed by atoms with Gasteiger partial charge in [-0.25, -0.2) is 9.97 Å². The SMILES string of the molecule is COc1ncccc1-c1ccc(O)c(-c2nc3ccc(C(=O)N[C@H](C(=O)C(C)O)C(C)C)cc3[nH]2)c1. The molecule has 0 saturated carbocycles. The Bertz CT molecular complexity index is 1430. The van der Waals surface area contributed by atoms with Crippen molar-refractivity contribution in [3.63, 3.8) is 0 Å². The molecule has 0 aliphatic heterocycles. The van der Waals surface area contributed by atoms with Gasteiger partial charge in [0.05, 0.1) is 29.7 Å². The third-order valence-corrected chi connectivity index (χ3v) is 5.94. The van der Waals surface area contributed by atoms with Gasteiger partial charge in [0.2, 0.25) is 5.88 Å². The fourth-order valence-corrected chi connectivity index (χ4v) is 4.00. The van der Waals surface area contributed by atoms with Crippen molar-refractivity contribution < 1.29 is 24.5 Å².